The second kappa shape index (κ2) is 10.5. The van der Waals surface area contributed by atoms with Gasteiger partial charge in [-0.2, -0.15) is 5.10 Å². The van der Waals surface area contributed by atoms with E-state index in [0.717, 1.165) is 42.5 Å². The molecule has 2 fully saturated rings. The van der Waals surface area contributed by atoms with E-state index in [1.165, 1.54) is 34.9 Å². The number of nitrogens with two attached hydrogens (primary N) is 1. The highest BCUT2D eigenvalue weighted by molar-refractivity contribution is 7.89. The van der Waals surface area contributed by atoms with E-state index in [0.29, 0.717) is 53.1 Å². The Bertz CT molecular complexity index is 1560. The summed E-state index contributed by atoms with van der Waals surface area (Å²) >= 11 is -0.756. The molecule has 0 saturated heterocycles. The number of carboxylic acid groups (broad SMARTS) is 1. The second-order valence-corrected chi connectivity index (χ2v) is 12.2. The van der Waals surface area contributed by atoms with Crippen LogP contribution in [-0.4, -0.2) is 30.4 Å². The Labute approximate surface area is 231 Å². The number of carbonyl (C=O) groups is 1. The summed E-state index contributed by atoms with van der Waals surface area (Å²) in [5, 5.41) is 21.7. The van der Waals surface area contributed by atoms with E-state index in [1.54, 1.807) is 16.8 Å². The van der Waals surface area contributed by atoms with E-state index in [-0.39, 0.29) is 16.4 Å². The minimum absolute atomic E-state index is 0.0630. The number of halogens is 2. The van der Waals surface area contributed by atoms with Crippen LogP contribution in [0.25, 0.3) is 16.4 Å². The number of nitrogens with zero attached hydrogens (tertiary/aromatic N) is 3. The molecule has 2 aromatic carbocycles. The molecule has 6 rings (SSSR count). The van der Waals surface area contributed by atoms with Gasteiger partial charge in [0.15, 0.2) is 11.5 Å². The fourth-order valence-electron chi connectivity index (χ4n) is 4.86. The molecular formula is C28H26F2N4O3S2. The first-order chi connectivity index (χ1) is 18.8. The maximum Gasteiger partial charge on any atom is 0.355 e. The number of thiazole rings is 1. The Morgan fingerprint density at radius 1 is 1.10 bits per heavy atom. The van der Waals surface area contributed by atoms with Crippen molar-refractivity contribution >= 4 is 28.7 Å². The molecule has 7 nitrogen and oxygen atoms in total. The predicted molar refractivity (Wildman–Crippen MR) is 144 cm³/mol. The van der Waals surface area contributed by atoms with Crippen LogP contribution in [-0.2, 0) is 30.6 Å². The quantitative estimate of drug-likeness (QED) is 0.246. The lowest BCUT2D eigenvalue weighted by Crippen LogP contribution is -2.14. The van der Waals surface area contributed by atoms with Crippen LogP contribution in [0.1, 0.15) is 58.6 Å². The number of carboxylic acids is 1. The van der Waals surface area contributed by atoms with Gasteiger partial charge in [-0.05, 0) is 91.8 Å². The van der Waals surface area contributed by atoms with Crippen LogP contribution in [0.3, 0.4) is 0 Å². The highest BCUT2D eigenvalue weighted by Gasteiger charge is 2.30. The van der Waals surface area contributed by atoms with Crippen LogP contribution in [0.2, 0.25) is 0 Å². The molecule has 2 saturated carbocycles. The highest BCUT2D eigenvalue weighted by atomic mass is 32.2. The van der Waals surface area contributed by atoms with Crippen molar-refractivity contribution in [3.05, 3.63) is 81.5 Å². The van der Waals surface area contributed by atoms with Crippen molar-refractivity contribution in [1.29, 1.82) is 0 Å². The summed E-state index contributed by atoms with van der Waals surface area (Å²) in [5.74, 6) is -1.06. The van der Waals surface area contributed by atoms with Crippen LogP contribution in [0.15, 0.2) is 46.7 Å². The molecule has 4 aromatic rings. The molecule has 1 atom stereocenters. The van der Waals surface area contributed by atoms with Gasteiger partial charge in [-0.25, -0.2) is 23.2 Å². The lowest BCUT2D eigenvalue weighted by atomic mass is 9.95. The van der Waals surface area contributed by atoms with Gasteiger partial charge in [-0.1, -0.05) is 6.07 Å². The fraction of sp³-hybridized carbons (Fsp3) is 0.321. The van der Waals surface area contributed by atoms with Gasteiger partial charge in [-0.3, -0.25) is 0 Å². The summed E-state index contributed by atoms with van der Waals surface area (Å²) in [7, 11) is 0. The van der Waals surface area contributed by atoms with E-state index < -0.39 is 23.1 Å². The third-order valence-corrected chi connectivity index (χ3v) is 8.86. The molecule has 11 heteroatoms. The Morgan fingerprint density at radius 3 is 2.49 bits per heavy atom. The summed E-state index contributed by atoms with van der Waals surface area (Å²) in [4.78, 5) is 15.8. The van der Waals surface area contributed by atoms with Crippen molar-refractivity contribution in [1.82, 2.24) is 14.8 Å². The maximum absolute atomic E-state index is 14.7. The normalized spacial score (nSPS) is 16.0. The molecule has 0 spiro atoms. The Balaban J connectivity index is 1.50. The molecule has 0 aliphatic heterocycles. The van der Waals surface area contributed by atoms with E-state index in [9.17, 15) is 23.2 Å². The van der Waals surface area contributed by atoms with Gasteiger partial charge >= 0.3 is 5.97 Å². The van der Waals surface area contributed by atoms with Gasteiger partial charge in [0.2, 0.25) is 10.0 Å². The van der Waals surface area contributed by atoms with Crippen LogP contribution in [0.5, 0.6) is 0 Å². The maximum atomic E-state index is 14.7. The average molecular weight is 569 g/mol. The zero-order chi connectivity index (χ0) is 27.3. The van der Waals surface area contributed by atoms with Gasteiger partial charge in [0, 0.05) is 22.9 Å². The lowest BCUT2D eigenvalue weighted by Gasteiger charge is -2.11. The third kappa shape index (κ3) is 5.62. The first-order valence-electron chi connectivity index (χ1n) is 12.8. The molecular weight excluding hydrogens is 542 g/mol. The molecule has 2 aliphatic rings. The number of aromatic nitrogens is 3. The van der Waals surface area contributed by atoms with Crippen molar-refractivity contribution < 1.29 is 23.2 Å². The summed E-state index contributed by atoms with van der Waals surface area (Å²) in [5.41, 5.74) is 4.31. The molecule has 202 valence electrons. The molecule has 39 heavy (non-hydrogen) atoms. The molecule has 0 radical (unpaired) electrons. The topological polar surface area (TPSA) is 117 Å². The van der Waals surface area contributed by atoms with E-state index in [4.69, 9.17) is 10.2 Å². The van der Waals surface area contributed by atoms with E-state index in [2.05, 4.69) is 4.98 Å². The number of benzene rings is 2. The van der Waals surface area contributed by atoms with Crippen molar-refractivity contribution in [2.45, 2.75) is 49.8 Å². The number of hydrogen-bond donors (Lipinski definition) is 2. The monoisotopic (exact) mass is 568 g/mol. The Morgan fingerprint density at radius 2 is 1.85 bits per heavy atom. The lowest BCUT2D eigenvalue weighted by molar-refractivity contribution is 0.0691. The molecule has 3 N–H and O–H groups in total. The largest absolute Gasteiger partial charge is 0.593 e. The summed E-state index contributed by atoms with van der Waals surface area (Å²) in [6.45, 7) is 0. The summed E-state index contributed by atoms with van der Waals surface area (Å²) < 4.78 is 42.8. The number of aromatic carboxylic acids is 1. The molecule has 0 bridgehead atoms. The van der Waals surface area contributed by atoms with Crippen LogP contribution < -0.4 is 5.14 Å². The smallest absolute Gasteiger partial charge is 0.355 e. The Kier molecular flexibility index (Phi) is 7.00. The fourth-order valence-corrected chi connectivity index (χ4v) is 6.08. The minimum Gasteiger partial charge on any atom is -0.593 e. The first-order valence-corrected chi connectivity index (χ1v) is 14.9. The molecule has 2 aromatic heterocycles. The van der Waals surface area contributed by atoms with E-state index >= 15 is 0 Å². The Hall–Kier alpha value is -3.12. The average Bonchev–Trinajstić information content (AvgIpc) is 3.81. The van der Waals surface area contributed by atoms with Crippen LogP contribution >= 0.6 is 11.3 Å². The van der Waals surface area contributed by atoms with Crippen molar-refractivity contribution in [3.63, 3.8) is 0 Å². The highest BCUT2D eigenvalue weighted by Crippen LogP contribution is 2.39. The molecule has 0 amide bonds. The minimum atomic E-state index is -1.94. The summed E-state index contributed by atoms with van der Waals surface area (Å²) in [6, 6.07) is 9.47. The second-order valence-electron chi connectivity index (χ2n) is 10.3. The summed E-state index contributed by atoms with van der Waals surface area (Å²) in [6.07, 6.45) is 6.03. The SMILES string of the molecule is N[S+]([O-])c1ccc(Cc2c(-c3ccc(F)c(CC4CC4)c3)nn(-c3nc(C(=O)O)cs3)c2CC2CC2)cc1F. The molecule has 2 heterocycles. The number of hydrogen-bond acceptors (Lipinski definition) is 6. The number of rotatable bonds is 10. The van der Waals surface area contributed by atoms with Gasteiger partial charge in [0.1, 0.15) is 5.82 Å². The van der Waals surface area contributed by atoms with Crippen molar-refractivity contribution in [2.24, 2.45) is 17.0 Å². The standard InChI is InChI=1S/C28H26F2N4O3S2/c29-21-7-6-18(13-19(21)9-15-1-2-15)26-20(10-17-5-8-25(39(31)37)22(30)11-17)24(12-16-3-4-16)34(33-26)28-32-23(14-38-28)27(35)36/h5-8,11,13-16H,1-4,9-10,12,31H2,(H,35,36). The zero-order valence-corrected chi connectivity index (χ0v) is 22.5. The first kappa shape index (κ1) is 26.1. The van der Waals surface area contributed by atoms with Crippen molar-refractivity contribution in [3.8, 4) is 16.4 Å². The van der Waals surface area contributed by atoms with E-state index in [1.807, 2.05) is 6.07 Å². The van der Waals surface area contributed by atoms with Gasteiger partial charge in [-0.15, -0.1) is 16.5 Å². The van der Waals surface area contributed by atoms with Crippen LogP contribution in [0, 0.1) is 23.5 Å². The zero-order valence-electron chi connectivity index (χ0n) is 20.9. The molecule has 2 aliphatic carbocycles. The van der Waals surface area contributed by atoms with Gasteiger partial charge in [0.05, 0.1) is 22.7 Å². The molecule has 1 unspecified atom stereocenters. The predicted octanol–water partition coefficient (Wildman–Crippen LogP) is 5.45. The van der Waals surface area contributed by atoms with Gasteiger partial charge < -0.3 is 9.66 Å². The van der Waals surface area contributed by atoms with Crippen LogP contribution in [0.4, 0.5) is 8.78 Å². The van der Waals surface area contributed by atoms with Gasteiger partial charge in [0.25, 0.3) is 0 Å². The van der Waals surface area contributed by atoms with Crippen molar-refractivity contribution in [2.75, 3.05) is 0 Å². The third-order valence-electron chi connectivity index (χ3n) is 7.28.